The molecule has 0 aromatic carbocycles. The minimum absolute atomic E-state index is 0.211. The number of hydrogen-bond acceptors (Lipinski definition) is 5. The number of halogens is 1. The normalized spacial score (nSPS) is 26.9. The summed E-state index contributed by atoms with van der Waals surface area (Å²) in [7, 11) is -2.80. The molecule has 110 valence electrons. The number of pyridine rings is 1. The largest absolute Gasteiger partial charge is 0.369 e. The van der Waals surface area contributed by atoms with E-state index in [0.29, 0.717) is 16.7 Å². The van der Waals surface area contributed by atoms with Crippen LogP contribution in [0.15, 0.2) is 18.3 Å². The lowest BCUT2D eigenvalue weighted by Gasteiger charge is -2.38. The Morgan fingerprint density at radius 1 is 1.25 bits per heavy atom. The average Bonchev–Trinajstić information content (AvgIpc) is 2.79. The second kappa shape index (κ2) is 5.50. The predicted molar refractivity (Wildman–Crippen MR) is 80.1 cm³/mol. The van der Waals surface area contributed by atoms with Crippen molar-refractivity contribution in [2.75, 3.05) is 42.6 Å². The quantitative estimate of drug-likeness (QED) is 0.763. The number of sulfone groups is 1. The van der Waals surface area contributed by atoms with Gasteiger partial charge in [0.2, 0.25) is 0 Å². The molecule has 0 N–H and O–H groups in total. The summed E-state index contributed by atoms with van der Waals surface area (Å²) in [6.45, 7) is 3.61. The molecule has 1 aromatic heterocycles. The summed E-state index contributed by atoms with van der Waals surface area (Å²) in [6.07, 6.45) is 2.50. The van der Waals surface area contributed by atoms with Gasteiger partial charge in [-0.1, -0.05) is 11.6 Å². The SMILES string of the molecule is O=S1(=O)CCC(N2CCN(c3ccnc(Cl)c3)CC2)C1. The smallest absolute Gasteiger partial charge is 0.151 e. The summed E-state index contributed by atoms with van der Waals surface area (Å²) < 4.78 is 23.1. The van der Waals surface area contributed by atoms with Crippen molar-refractivity contribution in [3.8, 4) is 0 Å². The Morgan fingerprint density at radius 2 is 2.00 bits per heavy atom. The minimum Gasteiger partial charge on any atom is -0.369 e. The molecule has 0 amide bonds. The van der Waals surface area contributed by atoms with Gasteiger partial charge in [-0.3, -0.25) is 4.90 Å². The van der Waals surface area contributed by atoms with Crippen molar-refractivity contribution in [2.24, 2.45) is 0 Å². The molecule has 0 spiro atoms. The molecule has 3 rings (SSSR count). The zero-order valence-electron chi connectivity index (χ0n) is 11.2. The first kappa shape index (κ1) is 14.1. The molecule has 0 aliphatic carbocycles. The minimum atomic E-state index is -2.80. The standard InChI is InChI=1S/C13H18ClN3O2S/c14-13-9-11(1-3-15-13)16-4-6-17(7-5-16)12-2-8-20(18,19)10-12/h1,3,9,12H,2,4-8,10H2. The van der Waals surface area contributed by atoms with E-state index in [9.17, 15) is 8.42 Å². The highest BCUT2D eigenvalue weighted by molar-refractivity contribution is 7.91. The molecule has 1 unspecified atom stereocenters. The van der Waals surface area contributed by atoms with Crippen LogP contribution in [0.3, 0.4) is 0 Å². The fraction of sp³-hybridized carbons (Fsp3) is 0.615. The third-order valence-corrected chi connectivity index (χ3v) is 6.07. The van der Waals surface area contributed by atoms with Crippen molar-refractivity contribution in [1.82, 2.24) is 9.88 Å². The van der Waals surface area contributed by atoms with Gasteiger partial charge in [0.05, 0.1) is 11.5 Å². The number of nitrogens with zero attached hydrogens (tertiary/aromatic N) is 3. The van der Waals surface area contributed by atoms with Crippen molar-refractivity contribution in [3.05, 3.63) is 23.5 Å². The van der Waals surface area contributed by atoms with Crippen LogP contribution >= 0.6 is 11.6 Å². The van der Waals surface area contributed by atoms with Gasteiger partial charge >= 0.3 is 0 Å². The first-order valence-corrected chi connectivity index (χ1v) is 9.04. The molecule has 1 aromatic rings. The van der Waals surface area contributed by atoms with Crippen LogP contribution in [0.5, 0.6) is 0 Å². The highest BCUT2D eigenvalue weighted by atomic mass is 35.5. The first-order chi connectivity index (χ1) is 9.53. The van der Waals surface area contributed by atoms with E-state index < -0.39 is 9.84 Å². The molecule has 0 bridgehead atoms. The van der Waals surface area contributed by atoms with Crippen molar-refractivity contribution < 1.29 is 8.42 Å². The molecular weight excluding hydrogens is 298 g/mol. The maximum absolute atomic E-state index is 11.5. The lowest BCUT2D eigenvalue weighted by Crippen LogP contribution is -2.50. The summed E-state index contributed by atoms with van der Waals surface area (Å²) in [5.41, 5.74) is 1.09. The van der Waals surface area contributed by atoms with Crippen LogP contribution in [0.4, 0.5) is 5.69 Å². The van der Waals surface area contributed by atoms with Gasteiger partial charge in [-0.25, -0.2) is 13.4 Å². The van der Waals surface area contributed by atoms with Crippen molar-refractivity contribution in [1.29, 1.82) is 0 Å². The summed E-state index contributed by atoms with van der Waals surface area (Å²) in [5.74, 6) is 0.673. The topological polar surface area (TPSA) is 53.5 Å². The van der Waals surface area contributed by atoms with Gasteiger partial charge in [-0.2, -0.15) is 0 Å². The van der Waals surface area contributed by atoms with Gasteiger partial charge < -0.3 is 4.90 Å². The van der Waals surface area contributed by atoms with E-state index >= 15 is 0 Å². The van der Waals surface area contributed by atoms with Crippen molar-refractivity contribution in [2.45, 2.75) is 12.5 Å². The number of aromatic nitrogens is 1. The van der Waals surface area contributed by atoms with E-state index in [0.717, 1.165) is 38.3 Å². The summed E-state index contributed by atoms with van der Waals surface area (Å²) in [4.78, 5) is 8.57. The lowest BCUT2D eigenvalue weighted by molar-refractivity contribution is 0.200. The fourth-order valence-electron chi connectivity index (χ4n) is 3.00. The molecule has 0 radical (unpaired) electrons. The van der Waals surface area contributed by atoms with Gasteiger partial charge in [0, 0.05) is 44.1 Å². The second-order valence-electron chi connectivity index (χ2n) is 5.42. The van der Waals surface area contributed by atoms with Crippen LogP contribution < -0.4 is 4.90 Å². The molecule has 7 heteroatoms. The molecule has 5 nitrogen and oxygen atoms in total. The fourth-order valence-corrected chi connectivity index (χ4v) is 4.93. The summed E-state index contributed by atoms with van der Waals surface area (Å²) >= 11 is 5.91. The Labute approximate surface area is 124 Å². The number of piperazine rings is 1. The highest BCUT2D eigenvalue weighted by Crippen LogP contribution is 2.22. The lowest BCUT2D eigenvalue weighted by atomic mass is 10.2. The van der Waals surface area contributed by atoms with Crippen LogP contribution in [-0.2, 0) is 9.84 Å². The molecule has 0 saturated carbocycles. The maximum atomic E-state index is 11.5. The Balaban J connectivity index is 1.60. The molecule has 20 heavy (non-hydrogen) atoms. The number of rotatable bonds is 2. The molecule has 2 aliphatic heterocycles. The van der Waals surface area contributed by atoms with E-state index in [-0.39, 0.29) is 6.04 Å². The second-order valence-corrected chi connectivity index (χ2v) is 8.03. The Morgan fingerprint density at radius 3 is 2.60 bits per heavy atom. The van der Waals surface area contributed by atoms with Crippen LogP contribution in [-0.4, -0.2) is 62.0 Å². The van der Waals surface area contributed by atoms with Gasteiger partial charge in [0.25, 0.3) is 0 Å². The van der Waals surface area contributed by atoms with E-state index in [1.807, 2.05) is 12.1 Å². The highest BCUT2D eigenvalue weighted by Gasteiger charge is 2.33. The Hall–Kier alpha value is -0.850. The molecular formula is C13H18ClN3O2S. The first-order valence-electron chi connectivity index (χ1n) is 6.84. The van der Waals surface area contributed by atoms with E-state index in [1.165, 1.54) is 0 Å². The van der Waals surface area contributed by atoms with Crippen molar-refractivity contribution >= 4 is 27.1 Å². The molecule has 2 fully saturated rings. The van der Waals surface area contributed by atoms with E-state index in [2.05, 4.69) is 14.8 Å². The van der Waals surface area contributed by atoms with Gasteiger partial charge in [-0.05, 0) is 18.6 Å². The summed E-state index contributed by atoms with van der Waals surface area (Å²) in [6, 6.07) is 4.04. The van der Waals surface area contributed by atoms with Crippen LogP contribution in [0.1, 0.15) is 6.42 Å². The van der Waals surface area contributed by atoms with Crippen LogP contribution in [0.2, 0.25) is 5.15 Å². The number of anilines is 1. The Bertz CT molecular complexity index is 585. The van der Waals surface area contributed by atoms with Crippen LogP contribution in [0.25, 0.3) is 0 Å². The van der Waals surface area contributed by atoms with Crippen molar-refractivity contribution in [3.63, 3.8) is 0 Å². The zero-order chi connectivity index (χ0) is 14.2. The van der Waals surface area contributed by atoms with Gasteiger partial charge in [0.1, 0.15) is 5.15 Å². The molecule has 2 saturated heterocycles. The van der Waals surface area contributed by atoms with E-state index in [4.69, 9.17) is 11.6 Å². The van der Waals surface area contributed by atoms with Crippen LogP contribution in [0, 0.1) is 0 Å². The van der Waals surface area contributed by atoms with Gasteiger partial charge in [-0.15, -0.1) is 0 Å². The molecule has 2 aliphatic rings. The third kappa shape index (κ3) is 3.07. The summed E-state index contributed by atoms with van der Waals surface area (Å²) in [5, 5.41) is 0.506. The average molecular weight is 316 g/mol. The molecule has 3 heterocycles. The molecule has 1 atom stereocenters. The third-order valence-electron chi connectivity index (χ3n) is 4.11. The maximum Gasteiger partial charge on any atom is 0.151 e. The number of hydrogen-bond donors (Lipinski definition) is 0. The predicted octanol–water partition coefficient (Wildman–Crippen LogP) is 1.04. The zero-order valence-corrected chi connectivity index (χ0v) is 12.8. The monoisotopic (exact) mass is 315 g/mol. The van der Waals surface area contributed by atoms with E-state index in [1.54, 1.807) is 6.20 Å². The van der Waals surface area contributed by atoms with Gasteiger partial charge in [0.15, 0.2) is 9.84 Å². The Kier molecular flexibility index (Phi) is 3.88.